The molecule has 6 heteroatoms. The number of hydrogen-bond donors (Lipinski definition) is 2. The fraction of sp³-hybridized carbons (Fsp3) is 0.571. The molecule has 0 aliphatic carbocycles. The number of hydrogen-bond acceptors (Lipinski definition) is 4. The molecule has 0 heterocycles. The first kappa shape index (κ1) is 18.2. The molecule has 0 bridgehead atoms. The predicted octanol–water partition coefficient (Wildman–Crippen LogP) is 3.44. The molecule has 0 saturated heterocycles. The lowest BCUT2D eigenvalue weighted by atomic mass is 10.2. The molecule has 1 aromatic carbocycles. The molecule has 20 heavy (non-hydrogen) atoms. The van der Waals surface area contributed by atoms with Crippen LogP contribution in [0.5, 0.6) is 0 Å². The highest BCUT2D eigenvalue weighted by Gasteiger charge is 2.21. The summed E-state index contributed by atoms with van der Waals surface area (Å²) in [7, 11) is 3.82. The molecule has 0 saturated carbocycles. The number of rotatable bonds is 10. The average Bonchev–Trinajstić information content (AvgIpc) is 2.45. The van der Waals surface area contributed by atoms with Gasteiger partial charge in [0.2, 0.25) is 0 Å². The normalized spacial score (nSPS) is 11.8. The summed E-state index contributed by atoms with van der Waals surface area (Å²) in [5.41, 5.74) is 1.30. The molecule has 0 unspecified atom stereocenters. The van der Waals surface area contributed by atoms with Crippen LogP contribution in [0.1, 0.15) is 5.56 Å². The summed E-state index contributed by atoms with van der Waals surface area (Å²) in [5, 5.41) is 6.21. The SMILES string of the molecule is CNCCP(=O)(CCNC)SCCc1ccc(Br)cc1. The third-order valence-electron chi connectivity index (χ3n) is 3.04. The Hall–Kier alpha value is 0.200. The largest absolute Gasteiger partial charge is 0.319 e. The van der Waals surface area contributed by atoms with Crippen molar-refractivity contribution < 1.29 is 4.57 Å². The van der Waals surface area contributed by atoms with E-state index in [0.29, 0.717) is 0 Å². The molecule has 114 valence electrons. The van der Waals surface area contributed by atoms with E-state index < -0.39 is 6.34 Å². The van der Waals surface area contributed by atoms with Crippen molar-refractivity contribution in [3.05, 3.63) is 34.3 Å². The molecule has 0 amide bonds. The van der Waals surface area contributed by atoms with Gasteiger partial charge in [-0.15, -0.1) is 0 Å². The Bertz CT molecular complexity index is 416. The summed E-state index contributed by atoms with van der Waals surface area (Å²) in [6.45, 7) is 1.65. The van der Waals surface area contributed by atoms with Gasteiger partial charge in [0, 0.05) is 35.6 Å². The van der Waals surface area contributed by atoms with Gasteiger partial charge >= 0.3 is 0 Å². The van der Waals surface area contributed by atoms with Crippen molar-refractivity contribution >= 4 is 33.7 Å². The van der Waals surface area contributed by atoms with Crippen LogP contribution in [0.3, 0.4) is 0 Å². The highest BCUT2D eigenvalue weighted by molar-refractivity contribution is 9.10. The molecule has 0 spiro atoms. The van der Waals surface area contributed by atoms with Crippen molar-refractivity contribution in [2.45, 2.75) is 6.42 Å². The third kappa shape index (κ3) is 7.28. The standard InChI is InChI=1S/C14H24BrN2OPS/c1-16-8-10-19(18,11-9-17-2)20-12-7-13-3-5-14(15)6-4-13/h3-6,16-17H,7-12H2,1-2H3. The topological polar surface area (TPSA) is 41.1 Å². The smallest absolute Gasteiger partial charge is 0.141 e. The van der Waals surface area contributed by atoms with E-state index >= 15 is 0 Å². The second-order valence-electron chi connectivity index (χ2n) is 4.68. The fourth-order valence-electron chi connectivity index (χ4n) is 1.79. The highest BCUT2D eigenvalue weighted by atomic mass is 79.9. The average molecular weight is 379 g/mol. The second-order valence-corrected chi connectivity index (χ2v) is 11.6. The van der Waals surface area contributed by atoms with Crippen molar-refractivity contribution in [1.82, 2.24) is 10.6 Å². The van der Waals surface area contributed by atoms with Crippen LogP contribution < -0.4 is 10.6 Å². The second kappa shape index (κ2) is 10.0. The lowest BCUT2D eigenvalue weighted by Crippen LogP contribution is -2.17. The van der Waals surface area contributed by atoms with Gasteiger partial charge < -0.3 is 15.2 Å². The maximum Gasteiger partial charge on any atom is 0.141 e. The summed E-state index contributed by atoms with van der Waals surface area (Å²) < 4.78 is 14.0. The molecule has 0 aliphatic heterocycles. The van der Waals surface area contributed by atoms with E-state index in [1.54, 1.807) is 11.4 Å². The Labute approximate surface area is 134 Å². The molecule has 1 aromatic rings. The summed E-state index contributed by atoms with van der Waals surface area (Å²) in [6, 6.07) is 8.36. The first-order chi connectivity index (χ1) is 9.59. The Balaban J connectivity index is 2.44. The molecular formula is C14H24BrN2OPS. The Morgan fingerprint density at radius 2 is 1.65 bits per heavy atom. The van der Waals surface area contributed by atoms with E-state index in [4.69, 9.17) is 0 Å². The van der Waals surface area contributed by atoms with E-state index in [1.165, 1.54) is 5.56 Å². The van der Waals surface area contributed by atoms with E-state index in [9.17, 15) is 4.57 Å². The summed E-state index contributed by atoms with van der Waals surface area (Å²) in [4.78, 5) is 0. The van der Waals surface area contributed by atoms with Crippen LogP contribution in [0.15, 0.2) is 28.7 Å². The minimum atomic E-state index is -2.12. The van der Waals surface area contributed by atoms with Crippen molar-refractivity contribution in [2.75, 3.05) is 45.3 Å². The molecule has 1 rings (SSSR count). The zero-order valence-electron chi connectivity index (χ0n) is 12.2. The maximum atomic E-state index is 12.9. The van der Waals surface area contributed by atoms with Crippen molar-refractivity contribution in [2.24, 2.45) is 0 Å². The quantitative estimate of drug-likeness (QED) is 0.611. The Morgan fingerprint density at radius 1 is 1.10 bits per heavy atom. The van der Waals surface area contributed by atoms with Gasteiger partial charge in [0.05, 0.1) is 0 Å². The van der Waals surface area contributed by atoms with Crippen molar-refractivity contribution in [3.63, 3.8) is 0 Å². The lowest BCUT2D eigenvalue weighted by molar-refractivity contribution is 0.582. The minimum absolute atomic E-state index is 0.774. The molecular weight excluding hydrogens is 355 g/mol. The fourth-order valence-corrected chi connectivity index (χ4v) is 6.91. The van der Waals surface area contributed by atoms with Crippen LogP contribution >= 0.6 is 33.7 Å². The first-order valence-corrected chi connectivity index (χ1v) is 11.3. The van der Waals surface area contributed by atoms with E-state index in [2.05, 4.69) is 50.8 Å². The number of nitrogens with one attached hydrogen (secondary N) is 2. The van der Waals surface area contributed by atoms with Gasteiger partial charge in [-0.25, -0.2) is 0 Å². The van der Waals surface area contributed by atoms with Gasteiger partial charge in [-0.1, -0.05) is 39.4 Å². The first-order valence-electron chi connectivity index (χ1n) is 6.86. The minimum Gasteiger partial charge on any atom is -0.319 e. The van der Waals surface area contributed by atoms with E-state index in [-0.39, 0.29) is 0 Å². The van der Waals surface area contributed by atoms with Crippen LogP contribution in [0, 0.1) is 0 Å². The van der Waals surface area contributed by atoms with Gasteiger partial charge in [-0.3, -0.25) is 0 Å². The molecule has 2 N–H and O–H groups in total. The number of aryl methyl sites for hydroxylation is 1. The number of halogens is 1. The predicted molar refractivity (Wildman–Crippen MR) is 95.5 cm³/mol. The van der Waals surface area contributed by atoms with Crippen molar-refractivity contribution in [3.8, 4) is 0 Å². The molecule has 0 fully saturated rings. The zero-order chi connectivity index (χ0) is 14.8. The highest BCUT2D eigenvalue weighted by Crippen LogP contribution is 2.57. The van der Waals surface area contributed by atoms with Crippen LogP contribution in [0.4, 0.5) is 0 Å². The van der Waals surface area contributed by atoms with Gasteiger partial charge in [0.25, 0.3) is 0 Å². The molecule has 0 radical (unpaired) electrons. The molecule has 0 aliphatic rings. The van der Waals surface area contributed by atoms with Gasteiger partial charge in [-0.05, 0) is 38.2 Å². The van der Waals surface area contributed by atoms with Crippen LogP contribution in [0.2, 0.25) is 0 Å². The van der Waals surface area contributed by atoms with Crippen LogP contribution in [-0.2, 0) is 11.0 Å². The van der Waals surface area contributed by atoms with Gasteiger partial charge in [0.15, 0.2) is 0 Å². The van der Waals surface area contributed by atoms with E-state index in [1.807, 2.05) is 14.1 Å². The number of benzene rings is 1. The molecule has 0 atom stereocenters. The van der Waals surface area contributed by atoms with Crippen LogP contribution in [-0.4, -0.2) is 45.3 Å². The zero-order valence-corrected chi connectivity index (χ0v) is 15.5. The summed E-state index contributed by atoms with van der Waals surface area (Å²) >= 11 is 5.11. The maximum absolute atomic E-state index is 12.9. The lowest BCUT2D eigenvalue weighted by Gasteiger charge is -2.17. The molecule has 0 aromatic heterocycles. The molecule has 3 nitrogen and oxygen atoms in total. The summed E-state index contributed by atoms with van der Waals surface area (Å²) in [5.74, 6) is 0.923. The summed E-state index contributed by atoms with van der Waals surface area (Å²) in [6.07, 6.45) is 0.405. The third-order valence-corrected chi connectivity index (χ3v) is 9.29. The van der Waals surface area contributed by atoms with Crippen LogP contribution in [0.25, 0.3) is 0 Å². The van der Waals surface area contributed by atoms with E-state index in [0.717, 1.165) is 42.1 Å². The van der Waals surface area contributed by atoms with Crippen molar-refractivity contribution in [1.29, 1.82) is 0 Å². The van der Waals surface area contributed by atoms with Gasteiger partial charge in [-0.2, -0.15) is 0 Å². The Morgan fingerprint density at radius 3 is 2.15 bits per heavy atom. The van der Waals surface area contributed by atoms with Gasteiger partial charge in [0.1, 0.15) is 6.34 Å². The Kier molecular flexibility index (Phi) is 9.14. The monoisotopic (exact) mass is 378 g/mol.